The largest absolute Gasteiger partial charge is 0.379 e. The first kappa shape index (κ1) is 12.8. The molecule has 1 amide bonds. The van der Waals surface area contributed by atoms with Crippen LogP contribution in [0.15, 0.2) is 24.3 Å². The fourth-order valence-electron chi connectivity index (χ4n) is 1.75. The molecule has 1 N–H and O–H groups in total. The number of carbonyl (C=O) groups excluding carboxylic acids is 1. The van der Waals surface area contributed by atoms with Gasteiger partial charge >= 0.3 is 0 Å². The van der Waals surface area contributed by atoms with Gasteiger partial charge in [0.25, 0.3) is 12.3 Å². The maximum Gasteiger partial charge on any atom is 0.255 e. The molecule has 1 aromatic rings. The Balaban J connectivity index is 2.00. The van der Waals surface area contributed by atoms with Crippen molar-refractivity contribution in [1.82, 2.24) is 0 Å². The smallest absolute Gasteiger partial charge is 0.255 e. The quantitative estimate of drug-likeness (QED) is 0.892. The SMILES string of the molecule is O=C1COCCN1c1ccc(NCC(F)F)cc1. The van der Waals surface area contributed by atoms with Crippen molar-refractivity contribution in [3.8, 4) is 0 Å². The number of anilines is 2. The summed E-state index contributed by atoms with van der Waals surface area (Å²) in [4.78, 5) is 13.2. The van der Waals surface area contributed by atoms with Gasteiger partial charge in [0.1, 0.15) is 6.61 Å². The van der Waals surface area contributed by atoms with E-state index in [0.717, 1.165) is 5.69 Å². The summed E-state index contributed by atoms with van der Waals surface area (Å²) < 4.78 is 29.1. The molecule has 1 aliphatic rings. The van der Waals surface area contributed by atoms with E-state index >= 15 is 0 Å². The van der Waals surface area contributed by atoms with Crippen LogP contribution in [0.1, 0.15) is 0 Å². The van der Waals surface area contributed by atoms with E-state index in [4.69, 9.17) is 4.74 Å². The predicted octanol–water partition coefficient (Wildman–Crippen LogP) is 1.73. The monoisotopic (exact) mass is 256 g/mol. The summed E-state index contributed by atoms with van der Waals surface area (Å²) in [5, 5.41) is 2.61. The second-order valence-corrected chi connectivity index (χ2v) is 3.92. The lowest BCUT2D eigenvalue weighted by molar-refractivity contribution is -0.125. The van der Waals surface area contributed by atoms with E-state index in [1.807, 2.05) is 0 Å². The zero-order chi connectivity index (χ0) is 13.0. The van der Waals surface area contributed by atoms with Gasteiger partial charge in [0.15, 0.2) is 0 Å². The number of ether oxygens (including phenoxy) is 1. The van der Waals surface area contributed by atoms with Crippen LogP contribution in [0.5, 0.6) is 0 Å². The van der Waals surface area contributed by atoms with Crippen molar-refractivity contribution in [3.63, 3.8) is 0 Å². The normalized spacial score (nSPS) is 16.2. The van der Waals surface area contributed by atoms with Crippen molar-refractivity contribution in [1.29, 1.82) is 0 Å². The van der Waals surface area contributed by atoms with Gasteiger partial charge in [-0.15, -0.1) is 0 Å². The molecule has 1 heterocycles. The minimum absolute atomic E-state index is 0.0884. The van der Waals surface area contributed by atoms with E-state index in [1.165, 1.54) is 0 Å². The summed E-state index contributed by atoms with van der Waals surface area (Å²) in [7, 11) is 0. The van der Waals surface area contributed by atoms with E-state index < -0.39 is 6.43 Å². The topological polar surface area (TPSA) is 41.6 Å². The van der Waals surface area contributed by atoms with E-state index in [9.17, 15) is 13.6 Å². The van der Waals surface area contributed by atoms with Crippen LogP contribution in [0.4, 0.5) is 20.2 Å². The average Bonchev–Trinajstić information content (AvgIpc) is 2.38. The van der Waals surface area contributed by atoms with Gasteiger partial charge in [0.2, 0.25) is 0 Å². The predicted molar refractivity (Wildman–Crippen MR) is 64.1 cm³/mol. The summed E-state index contributed by atoms with van der Waals surface area (Å²) in [6.45, 7) is 0.737. The van der Waals surface area contributed by atoms with Crippen LogP contribution in [-0.4, -0.2) is 38.6 Å². The lowest BCUT2D eigenvalue weighted by Gasteiger charge is -2.26. The molecule has 0 spiro atoms. The summed E-state index contributed by atoms with van der Waals surface area (Å²) in [5.74, 6) is -0.0884. The Morgan fingerprint density at radius 3 is 2.67 bits per heavy atom. The van der Waals surface area contributed by atoms with Crippen LogP contribution in [0.2, 0.25) is 0 Å². The van der Waals surface area contributed by atoms with Crippen molar-refractivity contribution in [3.05, 3.63) is 24.3 Å². The minimum Gasteiger partial charge on any atom is -0.379 e. The number of hydrogen-bond donors (Lipinski definition) is 1. The Kier molecular flexibility index (Phi) is 4.09. The molecule has 1 saturated heterocycles. The van der Waals surface area contributed by atoms with Gasteiger partial charge in [-0.2, -0.15) is 0 Å². The second kappa shape index (κ2) is 5.77. The number of alkyl halides is 2. The first-order valence-corrected chi connectivity index (χ1v) is 5.67. The van der Waals surface area contributed by atoms with Crippen LogP contribution < -0.4 is 10.2 Å². The summed E-state index contributed by atoms with van der Waals surface area (Å²) in [6, 6.07) is 6.83. The zero-order valence-corrected chi connectivity index (χ0v) is 9.73. The van der Waals surface area contributed by atoms with Gasteiger partial charge in [0, 0.05) is 17.9 Å². The third-order valence-corrected chi connectivity index (χ3v) is 2.63. The highest BCUT2D eigenvalue weighted by Crippen LogP contribution is 2.19. The molecule has 2 rings (SSSR count). The van der Waals surface area contributed by atoms with Gasteiger partial charge in [-0.3, -0.25) is 4.79 Å². The molecule has 6 heteroatoms. The first-order valence-electron chi connectivity index (χ1n) is 5.67. The van der Waals surface area contributed by atoms with Crippen molar-refractivity contribution in [2.75, 3.05) is 36.5 Å². The molecule has 0 aromatic heterocycles. The molecule has 0 aliphatic carbocycles. The Labute approximate surface area is 104 Å². The van der Waals surface area contributed by atoms with Crippen LogP contribution >= 0.6 is 0 Å². The van der Waals surface area contributed by atoms with Crippen LogP contribution in [0, 0.1) is 0 Å². The van der Waals surface area contributed by atoms with Crippen molar-refractivity contribution >= 4 is 17.3 Å². The maximum atomic E-state index is 12.0. The Bertz CT molecular complexity index is 409. The summed E-state index contributed by atoms with van der Waals surface area (Å²) in [5.41, 5.74) is 1.37. The van der Waals surface area contributed by atoms with Gasteiger partial charge < -0.3 is 15.0 Å². The number of nitrogens with zero attached hydrogens (tertiary/aromatic N) is 1. The summed E-state index contributed by atoms with van der Waals surface area (Å²) >= 11 is 0. The van der Waals surface area contributed by atoms with E-state index in [2.05, 4.69) is 5.32 Å². The molecular weight excluding hydrogens is 242 g/mol. The van der Waals surface area contributed by atoms with E-state index in [1.54, 1.807) is 29.2 Å². The number of nitrogens with one attached hydrogen (secondary N) is 1. The van der Waals surface area contributed by atoms with Gasteiger partial charge in [-0.25, -0.2) is 8.78 Å². The number of benzene rings is 1. The molecule has 0 radical (unpaired) electrons. The van der Waals surface area contributed by atoms with Crippen LogP contribution in [-0.2, 0) is 9.53 Å². The average molecular weight is 256 g/mol. The maximum absolute atomic E-state index is 12.0. The molecule has 0 atom stereocenters. The molecule has 1 fully saturated rings. The van der Waals surface area contributed by atoms with E-state index in [-0.39, 0.29) is 19.1 Å². The van der Waals surface area contributed by atoms with Crippen molar-refractivity contribution in [2.24, 2.45) is 0 Å². The lowest BCUT2D eigenvalue weighted by Crippen LogP contribution is -2.41. The highest BCUT2D eigenvalue weighted by molar-refractivity contribution is 5.94. The minimum atomic E-state index is -2.38. The molecule has 4 nitrogen and oxygen atoms in total. The second-order valence-electron chi connectivity index (χ2n) is 3.92. The molecule has 1 aromatic carbocycles. The number of halogens is 2. The third-order valence-electron chi connectivity index (χ3n) is 2.63. The molecular formula is C12H14F2N2O2. The van der Waals surface area contributed by atoms with Gasteiger partial charge in [-0.1, -0.05) is 0 Å². The zero-order valence-electron chi connectivity index (χ0n) is 9.73. The van der Waals surface area contributed by atoms with Gasteiger partial charge in [0.05, 0.1) is 13.2 Å². The highest BCUT2D eigenvalue weighted by Gasteiger charge is 2.19. The fourth-order valence-corrected chi connectivity index (χ4v) is 1.75. The number of morpholine rings is 1. The Hall–Kier alpha value is -1.69. The molecule has 0 saturated carbocycles. The molecule has 98 valence electrons. The highest BCUT2D eigenvalue weighted by atomic mass is 19.3. The standard InChI is InChI=1S/C12H14F2N2O2/c13-11(14)7-15-9-1-3-10(4-2-9)16-5-6-18-8-12(16)17/h1-4,11,15H,5-8H2. The Morgan fingerprint density at radius 1 is 1.33 bits per heavy atom. The Morgan fingerprint density at radius 2 is 2.06 bits per heavy atom. The number of carbonyl (C=O) groups is 1. The molecule has 18 heavy (non-hydrogen) atoms. The third kappa shape index (κ3) is 3.16. The molecule has 1 aliphatic heterocycles. The number of hydrogen-bond acceptors (Lipinski definition) is 3. The number of rotatable bonds is 4. The first-order chi connectivity index (χ1) is 8.66. The summed E-state index contributed by atoms with van der Waals surface area (Å²) in [6.07, 6.45) is -2.38. The van der Waals surface area contributed by atoms with Gasteiger partial charge in [-0.05, 0) is 24.3 Å². The van der Waals surface area contributed by atoms with E-state index in [0.29, 0.717) is 18.8 Å². The van der Waals surface area contributed by atoms with Crippen molar-refractivity contribution in [2.45, 2.75) is 6.43 Å². The van der Waals surface area contributed by atoms with Crippen LogP contribution in [0.25, 0.3) is 0 Å². The molecule has 0 bridgehead atoms. The van der Waals surface area contributed by atoms with Crippen LogP contribution in [0.3, 0.4) is 0 Å². The number of amides is 1. The molecule has 0 unspecified atom stereocenters. The van der Waals surface area contributed by atoms with Crippen molar-refractivity contribution < 1.29 is 18.3 Å². The fraction of sp³-hybridized carbons (Fsp3) is 0.417. The lowest BCUT2D eigenvalue weighted by atomic mass is 10.2.